The van der Waals surface area contributed by atoms with Gasteiger partial charge in [0.2, 0.25) is 10.0 Å². The first-order chi connectivity index (χ1) is 11.1. The summed E-state index contributed by atoms with van der Waals surface area (Å²) in [6.45, 7) is 2.23. The number of urea groups is 1. The number of amides is 2. The molecule has 1 aromatic carbocycles. The first-order valence-electron chi connectivity index (χ1n) is 6.99. The molecular formula is C14H16F2N2O5S. The number of ether oxygens (including phenoxy) is 1. The van der Waals surface area contributed by atoms with Crippen molar-refractivity contribution in [3.05, 3.63) is 29.8 Å². The normalized spacial score (nSPS) is 18.4. The molecule has 1 heterocycles. The van der Waals surface area contributed by atoms with Crippen molar-refractivity contribution in [1.82, 2.24) is 4.31 Å². The van der Waals surface area contributed by atoms with Gasteiger partial charge in [-0.2, -0.15) is 0 Å². The lowest BCUT2D eigenvalue weighted by atomic mass is 10.2. The average molecular weight is 362 g/mol. The molecule has 132 valence electrons. The largest absolute Gasteiger partial charge is 0.467 e. The fourth-order valence-corrected chi connectivity index (χ4v) is 3.46. The van der Waals surface area contributed by atoms with E-state index in [1.807, 2.05) is 0 Å². The van der Waals surface area contributed by atoms with E-state index in [1.54, 1.807) is 0 Å². The molecule has 0 N–H and O–H groups in total. The van der Waals surface area contributed by atoms with E-state index in [4.69, 9.17) is 0 Å². The van der Waals surface area contributed by atoms with Crippen molar-refractivity contribution in [2.24, 2.45) is 0 Å². The summed E-state index contributed by atoms with van der Waals surface area (Å²) in [5, 5.41) is -0.919. The fourth-order valence-electron chi connectivity index (χ4n) is 2.30. The van der Waals surface area contributed by atoms with Crippen LogP contribution in [0.3, 0.4) is 0 Å². The van der Waals surface area contributed by atoms with Crippen molar-refractivity contribution in [1.29, 1.82) is 0 Å². The highest BCUT2D eigenvalue weighted by Crippen LogP contribution is 2.30. The third-order valence-electron chi connectivity index (χ3n) is 3.62. The summed E-state index contributed by atoms with van der Waals surface area (Å²) in [6, 6.07) is -0.0548. The molecule has 7 nitrogen and oxygen atoms in total. The standard InChI is InChI=1S/C14H16F2N2O5S/c1-8(2)24(21,22)17-7-12(13(19)23-3)18(14(17)20)11-5-4-9(15)6-10(11)16/h4-6,8,12H,7H2,1-3H3. The monoisotopic (exact) mass is 362 g/mol. The zero-order valence-corrected chi connectivity index (χ0v) is 14.0. The lowest BCUT2D eigenvalue weighted by Gasteiger charge is -2.22. The smallest absolute Gasteiger partial charge is 0.339 e. The van der Waals surface area contributed by atoms with Crippen molar-refractivity contribution in [3.63, 3.8) is 0 Å². The van der Waals surface area contributed by atoms with Gasteiger partial charge in [-0.05, 0) is 26.0 Å². The Hall–Kier alpha value is -2.23. The highest BCUT2D eigenvalue weighted by molar-refractivity contribution is 7.90. The maximum Gasteiger partial charge on any atom is 0.339 e. The fraction of sp³-hybridized carbons (Fsp3) is 0.429. The SMILES string of the molecule is COC(=O)C1CN(S(=O)(=O)C(C)C)C(=O)N1c1ccc(F)cc1F. The lowest BCUT2D eigenvalue weighted by Crippen LogP contribution is -2.41. The maximum absolute atomic E-state index is 14.0. The van der Waals surface area contributed by atoms with Gasteiger partial charge in [0.25, 0.3) is 0 Å². The molecule has 1 fully saturated rings. The number of carbonyl (C=O) groups excluding carboxylic acids is 2. The molecule has 2 amide bonds. The molecular weight excluding hydrogens is 346 g/mol. The van der Waals surface area contributed by atoms with Crippen molar-refractivity contribution in [3.8, 4) is 0 Å². The topological polar surface area (TPSA) is 84.0 Å². The van der Waals surface area contributed by atoms with E-state index < -0.39 is 57.2 Å². The molecule has 0 radical (unpaired) electrons. The first-order valence-corrected chi connectivity index (χ1v) is 8.49. The molecule has 2 rings (SSSR count). The molecule has 0 spiro atoms. The number of benzene rings is 1. The summed E-state index contributed by atoms with van der Waals surface area (Å²) in [5.74, 6) is -2.88. The second kappa shape index (κ2) is 6.34. The Balaban J connectivity index is 2.54. The van der Waals surface area contributed by atoms with Crippen LogP contribution in [0.25, 0.3) is 0 Å². The Morgan fingerprint density at radius 2 is 1.96 bits per heavy atom. The Bertz CT molecular complexity index is 781. The lowest BCUT2D eigenvalue weighted by molar-refractivity contribution is -0.141. The van der Waals surface area contributed by atoms with E-state index >= 15 is 0 Å². The van der Waals surface area contributed by atoms with Crippen LogP contribution in [0.5, 0.6) is 0 Å². The molecule has 0 bridgehead atoms. The van der Waals surface area contributed by atoms with Crippen LogP contribution >= 0.6 is 0 Å². The molecule has 1 aromatic rings. The minimum atomic E-state index is -4.02. The zero-order chi connectivity index (χ0) is 18.2. The van der Waals surface area contributed by atoms with Crippen molar-refractivity contribution in [2.75, 3.05) is 18.6 Å². The van der Waals surface area contributed by atoms with E-state index in [9.17, 15) is 26.8 Å². The number of nitrogens with zero attached hydrogens (tertiary/aromatic N) is 2. The molecule has 1 unspecified atom stereocenters. The van der Waals surface area contributed by atoms with Gasteiger partial charge < -0.3 is 4.74 Å². The van der Waals surface area contributed by atoms with Gasteiger partial charge in [-0.15, -0.1) is 0 Å². The second-order valence-corrected chi connectivity index (χ2v) is 7.83. The van der Waals surface area contributed by atoms with Gasteiger partial charge in [-0.1, -0.05) is 0 Å². The van der Waals surface area contributed by atoms with Crippen LogP contribution in [0.15, 0.2) is 18.2 Å². The molecule has 0 aliphatic carbocycles. The van der Waals surface area contributed by atoms with Crippen LogP contribution in [0.4, 0.5) is 19.3 Å². The minimum Gasteiger partial charge on any atom is -0.467 e. The molecule has 1 saturated heterocycles. The highest BCUT2D eigenvalue weighted by Gasteiger charge is 2.49. The second-order valence-electron chi connectivity index (χ2n) is 5.41. The van der Waals surface area contributed by atoms with E-state index in [2.05, 4.69) is 4.74 Å². The Morgan fingerprint density at radius 1 is 1.33 bits per heavy atom. The third kappa shape index (κ3) is 2.93. The summed E-state index contributed by atoms with van der Waals surface area (Å²) in [5.41, 5.74) is -0.404. The molecule has 1 atom stereocenters. The average Bonchev–Trinajstić information content (AvgIpc) is 2.84. The van der Waals surface area contributed by atoms with Crippen LogP contribution in [0.2, 0.25) is 0 Å². The number of esters is 1. The number of methoxy groups -OCH3 is 1. The van der Waals surface area contributed by atoms with Crippen molar-refractivity contribution in [2.45, 2.75) is 25.1 Å². The van der Waals surface area contributed by atoms with Gasteiger partial charge in [0.05, 0.1) is 24.6 Å². The number of hydrogen-bond acceptors (Lipinski definition) is 5. The van der Waals surface area contributed by atoms with Gasteiger partial charge in [-0.25, -0.2) is 31.1 Å². The molecule has 24 heavy (non-hydrogen) atoms. The van der Waals surface area contributed by atoms with Crippen LogP contribution < -0.4 is 4.90 Å². The molecule has 0 aromatic heterocycles. The summed E-state index contributed by atoms with van der Waals surface area (Å²) >= 11 is 0. The molecule has 10 heteroatoms. The van der Waals surface area contributed by atoms with E-state index in [1.165, 1.54) is 13.8 Å². The van der Waals surface area contributed by atoms with E-state index in [-0.39, 0.29) is 0 Å². The number of anilines is 1. The first kappa shape index (κ1) is 18.1. The predicted octanol–water partition coefficient (Wildman–Crippen LogP) is 1.49. The van der Waals surface area contributed by atoms with Crippen LogP contribution in [-0.4, -0.2) is 49.7 Å². The Kier molecular flexibility index (Phi) is 4.79. The van der Waals surface area contributed by atoms with Gasteiger partial charge in [0, 0.05) is 6.07 Å². The number of sulfonamides is 1. The van der Waals surface area contributed by atoms with Crippen LogP contribution in [0.1, 0.15) is 13.8 Å². The quantitative estimate of drug-likeness (QED) is 0.758. The van der Waals surface area contributed by atoms with Gasteiger partial charge >= 0.3 is 12.0 Å². The summed E-state index contributed by atoms with van der Waals surface area (Å²) in [7, 11) is -2.96. The van der Waals surface area contributed by atoms with Crippen molar-refractivity contribution >= 4 is 27.7 Å². The Labute approximate surface area is 137 Å². The van der Waals surface area contributed by atoms with E-state index in [0.29, 0.717) is 15.3 Å². The highest BCUT2D eigenvalue weighted by atomic mass is 32.2. The summed E-state index contributed by atoms with van der Waals surface area (Å²) in [6.07, 6.45) is 0. The van der Waals surface area contributed by atoms with Gasteiger partial charge in [0.15, 0.2) is 6.04 Å². The summed E-state index contributed by atoms with van der Waals surface area (Å²) < 4.78 is 56.8. The number of carbonyl (C=O) groups is 2. The minimum absolute atomic E-state index is 0.404. The summed E-state index contributed by atoms with van der Waals surface area (Å²) in [4.78, 5) is 25.1. The third-order valence-corrected chi connectivity index (χ3v) is 5.73. The number of hydrogen-bond donors (Lipinski definition) is 0. The Morgan fingerprint density at radius 3 is 2.46 bits per heavy atom. The molecule has 1 aliphatic heterocycles. The van der Waals surface area contributed by atoms with Crippen LogP contribution in [-0.2, 0) is 19.6 Å². The maximum atomic E-state index is 14.0. The van der Waals surface area contributed by atoms with Gasteiger partial charge in [-0.3, -0.25) is 4.90 Å². The number of rotatable bonds is 4. The molecule has 1 aliphatic rings. The predicted molar refractivity (Wildman–Crippen MR) is 80.8 cm³/mol. The zero-order valence-electron chi connectivity index (χ0n) is 13.2. The number of halogens is 2. The molecule has 0 saturated carbocycles. The van der Waals surface area contributed by atoms with Gasteiger partial charge in [0.1, 0.15) is 11.6 Å². The van der Waals surface area contributed by atoms with Crippen molar-refractivity contribution < 1.29 is 31.5 Å². The van der Waals surface area contributed by atoms with Crippen LogP contribution in [0, 0.1) is 11.6 Å². The van der Waals surface area contributed by atoms with E-state index in [0.717, 1.165) is 19.2 Å².